The van der Waals surface area contributed by atoms with Crippen molar-refractivity contribution in [2.24, 2.45) is 0 Å². The first kappa shape index (κ1) is 19.5. The molecule has 7 heteroatoms. The van der Waals surface area contributed by atoms with Crippen LogP contribution in [0.3, 0.4) is 0 Å². The number of pyridine rings is 1. The summed E-state index contributed by atoms with van der Waals surface area (Å²) in [5.41, 5.74) is 2.08. The zero-order valence-corrected chi connectivity index (χ0v) is 17.6. The molecule has 2 aliphatic rings. The molecular formula is C23H25N3O3S. The van der Waals surface area contributed by atoms with Crippen molar-refractivity contribution in [3.63, 3.8) is 0 Å². The van der Waals surface area contributed by atoms with Crippen molar-refractivity contribution in [2.75, 3.05) is 26.3 Å². The summed E-state index contributed by atoms with van der Waals surface area (Å²) in [4.78, 5) is 23.8. The van der Waals surface area contributed by atoms with Gasteiger partial charge in [0.15, 0.2) is 5.01 Å². The highest BCUT2D eigenvalue weighted by atomic mass is 32.1. The van der Waals surface area contributed by atoms with E-state index in [1.165, 1.54) is 16.9 Å². The fraction of sp³-hybridized carbons (Fsp3) is 0.435. The second kappa shape index (κ2) is 8.70. The SMILES string of the molecule is O=C(c1nc2ccccc2s1)N1CCC(Oc2ncccc2C2CCOCC2)CC1. The van der Waals surface area contributed by atoms with Gasteiger partial charge in [-0.15, -0.1) is 11.3 Å². The lowest BCUT2D eigenvalue weighted by Gasteiger charge is -2.32. The van der Waals surface area contributed by atoms with Gasteiger partial charge in [0.1, 0.15) is 6.10 Å². The smallest absolute Gasteiger partial charge is 0.282 e. The molecule has 2 aromatic heterocycles. The number of fused-ring (bicyclic) bond motifs is 1. The maximum Gasteiger partial charge on any atom is 0.282 e. The van der Waals surface area contributed by atoms with Gasteiger partial charge in [0.05, 0.1) is 10.2 Å². The highest BCUT2D eigenvalue weighted by Gasteiger charge is 2.28. The first-order chi connectivity index (χ1) is 14.8. The average molecular weight is 424 g/mol. The number of piperidine rings is 1. The molecule has 0 aliphatic carbocycles. The van der Waals surface area contributed by atoms with Crippen LogP contribution in [0.4, 0.5) is 0 Å². The van der Waals surface area contributed by atoms with Gasteiger partial charge in [-0.1, -0.05) is 18.2 Å². The Labute approximate surface area is 179 Å². The van der Waals surface area contributed by atoms with E-state index in [1.54, 1.807) is 6.20 Å². The van der Waals surface area contributed by atoms with Crippen molar-refractivity contribution in [3.8, 4) is 5.88 Å². The number of likely N-dealkylation sites (tertiary alicyclic amines) is 1. The molecule has 2 aliphatic heterocycles. The molecule has 0 atom stereocenters. The Bertz CT molecular complexity index is 990. The minimum absolute atomic E-state index is 0.0235. The van der Waals surface area contributed by atoms with Gasteiger partial charge in [-0.3, -0.25) is 4.79 Å². The zero-order valence-electron chi connectivity index (χ0n) is 16.8. The fourth-order valence-electron chi connectivity index (χ4n) is 4.25. The summed E-state index contributed by atoms with van der Waals surface area (Å²) in [5, 5.41) is 0.571. The molecule has 3 aromatic rings. The number of hydrogen-bond donors (Lipinski definition) is 0. The van der Waals surface area contributed by atoms with Gasteiger partial charge in [-0.25, -0.2) is 9.97 Å². The zero-order chi connectivity index (χ0) is 20.3. The topological polar surface area (TPSA) is 64.6 Å². The molecule has 5 rings (SSSR count). The van der Waals surface area contributed by atoms with Crippen LogP contribution in [0, 0.1) is 0 Å². The second-order valence-corrected chi connectivity index (χ2v) is 8.91. The minimum atomic E-state index is 0.0235. The molecule has 0 saturated carbocycles. The number of hydrogen-bond acceptors (Lipinski definition) is 6. The molecule has 156 valence electrons. The molecule has 30 heavy (non-hydrogen) atoms. The molecule has 0 bridgehead atoms. The summed E-state index contributed by atoms with van der Waals surface area (Å²) < 4.78 is 12.9. The lowest BCUT2D eigenvalue weighted by Crippen LogP contribution is -2.42. The Hall–Kier alpha value is -2.51. The van der Waals surface area contributed by atoms with E-state index in [-0.39, 0.29) is 12.0 Å². The van der Waals surface area contributed by atoms with E-state index in [9.17, 15) is 4.79 Å². The second-order valence-electron chi connectivity index (χ2n) is 7.88. The number of amides is 1. The Balaban J connectivity index is 1.22. The number of aromatic nitrogens is 2. The van der Waals surface area contributed by atoms with Gasteiger partial charge >= 0.3 is 0 Å². The highest BCUT2D eigenvalue weighted by Crippen LogP contribution is 2.33. The van der Waals surface area contributed by atoms with Gasteiger partial charge in [0, 0.05) is 50.9 Å². The quantitative estimate of drug-likeness (QED) is 0.627. The van der Waals surface area contributed by atoms with Crippen LogP contribution in [0.5, 0.6) is 5.88 Å². The van der Waals surface area contributed by atoms with Gasteiger partial charge in [0.2, 0.25) is 5.88 Å². The minimum Gasteiger partial charge on any atom is -0.474 e. The Morgan fingerprint density at radius 3 is 2.67 bits per heavy atom. The van der Waals surface area contributed by atoms with Crippen molar-refractivity contribution in [3.05, 3.63) is 53.2 Å². The van der Waals surface area contributed by atoms with Crippen LogP contribution in [0.1, 0.15) is 47.0 Å². The first-order valence-electron chi connectivity index (χ1n) is 10.6. The van der Waals surface area contributed by atoms with E-state index >= 15 is 0 Å². The molecule has 0 radical (unpaired) electrons. The molecule has 6 nitrogen and oxygen atoms in total. The molecule has 0 unspecified atom stereocenters. The number of benzene rings is 1. The molecule has 0 spiro atoms. The summed E-state index contributed by atoms with van der Waals surface area (Å²) in [5.74, 6) is 1.22. The Morgan fingerprint density at radius 2 is 1.87 bits per heavy atom. The Morgan fingerprint density at radius 1 is 1.07 bits per heavy atom. The van der Waals surface area contributed by atoms with Crippen LogP contribution < -0.4 is 4.74 Å². The molecule has 4 heterocycles. The van der Waals surface area contributed by atoms with Crippen molar-refractivity contribution in [1.82, 2.24) is 14.9 Å². The number of carbonyl (C=O) groups excluding carboxylic acids is 1. The summed E-state index contributed by atoms with van der Waals surface area (Å²) in [7, 11) is 0. The highest BCUT2D eigenvalue weighted by molar-refractivity contribution is 7.20. The van der Waals surface area contributed by atoms with Crippen molar-refractivity contribution >= 4 is 27.5 Å². The maximum atomic E-state index is 12.9. The van der Waals surface area contributed by atoms with Gasteiger partial charge in [-0.05, 0) is 37.0 Å². The van der Waals surface area contributed by atoms with Crippen LogP contribution in [0.25, 0.3) is 10.2 Å². The number of para-hydroxylation sites is 1. The molecule has 2 fully saturated rings. The normalized spacial score (nSPS) is 18.6. The van der Waals surface area contributed by atoms with Crippen LogP contribution in [0.15, 0.2) is 42.6 Å². The fourth-order valence-corrected chi connectivity index (χ4v) is 5.19. The third-order valence-corrected chi connectivity index (χ3v) is 6.97. The summed E-state index contributed by atoms with van der Waals surface area (Å²) in [6.07, 6.45) is 5.51. The molecule has 1 aromatic carbocycles. The third-order valence-electron chi connectivity index (χ3n) is 5.95. The lowest BCUT2D eigenvalue weighted by atomic mass is 9.92. The Kier molecular flexibility index (Phi) is 5.64. The predicted molar refractivity (Wildman–Crippen MR) is 116 cm³/mol. The van der Waals surface area contributed by atoms with E-state index < -0.39 is 0 Å². The van der Waals surface area contributed by atoms with E-state index in [2.05, 4.69) is 16.0 Å². The van der Waals surface area contributed by atoms with E-state index in [1.807, 2.05) is 35.2 Å². The standard InChI is InChI=1S/C23H25N3O3S/c27-23(22-25-19-5-1-2-6-20(19)30-22)26-12-7-17(8-13-26)29-21-18(4-3-11-24-21)16-9-14-28-15-10-16/h1-6,11,16-17H,7-10,12-15H2. The lowest BCUT2D eigenvalue weighted by molar-refractivity contribution is 0.0578. The van der Waals surface area contributed by atoms with Gasteiger partial charge in [0.25, 0.3) is 5.91 Å². The van der Waals surface area contributed by atoms with E-state index in [0.717, 1.165) is 55.0 Å². The summed E-state index contributed by atoms with van der Waals surface area (Å²) in [6, 6.07) is 12.0. The average Bonchev–Trinajstić information content (AvgIpc) is 3.24. The molecule has 2 saturated heterocycles. The number of ether oxygens (including phenoxy) is 2. The van der Waals surface area contributed by atoms with Crippen molar-refractivity contribution in [1.29, 1.82) is 0 Å². The number of carbonyl (C=O) groups is 1. The third kappa shape index (κ3) is 4.04. The number of rotatable bonds is 4. The van der Waals surface area contributed by atoms with Crippen molar-refractivity contribution < 1.29 is 14.3 Å². The maximum absolute atomic E-state index is 12.9. The molecule has 0 N–H and O–H groups in total. The van der Waals surface area contributed by atoms with Crippen molar-refractivity contribution in [2.45, 2.75) is 37.7 Å². The van der Waals surface area contributed by atoms with Crippen LogP contribution >= 0.6 is 11.3 Å². The molecular weight excluding hydrogens is 398 g/mol. The van der Waals surface area contributed by atoms with Crippen LogP contribution in [-0.4, -0.2) is 53.2 Å². The van der Waals surface area contributed by atoms with Gasteiger partial charge < -0.3 is 14.4 Å². The summed E-state index contributed by atoms with van der Waals surface area (Å²) >= 11 is 1.47. The van der Waals surface area contributed by atoms with E-state index in [0.29, 0.717) is 24.0 Å². The van der Waals surface area contributed by atoms with Crippen LogP contribution in [-0.2, 0) is 4.74 Å². The number of nitrogens with zero attached hydrogens (tertiary/aromatic N) is 3. The van der Waals surface area contributed by atoms with Gasteiger partial charge in [-0.2, -0.15) is 0 Å². The number of thiazole rings is 1. The molecule has 1 amide bonds. The summed E-state index contributed by atoms with van der Waals surface area (Å²) in [6.45, 7) is 2.95. The predicted octanol–water partition coefficient (Wildman–Crippen LogP) is 4.27. The van der Waals surface area contributed by atoms with Crippen LogP contribution in [0.2, 0.25) is 0 Å². The monoisotopic (exact) mass is 423 g/mol. The van der Waals surface area contributed by atoms with E-state index in [4.69, 9.17) is 9.47 Å². The first-order valence-corrected chi connectivity index (χ1v) is 11.4. The largest absolute Gasteiger partial charge is 0.474 e.